The summed E-state index contributed by atoms with van der Waals surface area (Å²) in [6.45, 7) is 17.3. The van der Waals surface area contributed by atoms with Crippen LogP contribution >= 0.6 is 0 Å². The summed E-state index contributed by atoms with van der Waals surface area (Å²) in [6, 6.07) is 34.6. The van der Waals surface area contributed by atoms with Gasteiger partial charge in [0, 0.05) is 91.2 Å². The van der Waals surface area contributed by atoms with Gasteiger partial charge in [0.05, 0.1) is 0 Å². The van der Waals surface area contributed by atoms with Gasteiger partial charge in [-0.3, -0.25) is 0 Å². The van der Waals surface area contributed by atoms with E-state index in [4.69, 9.17) is 14.2 Å². The third kappa shape index (κ3) is 12.9. The van der Waals surface area contributed by atoms with Crippen LogP contribution < -0.4 is 28.9 Å². The molecule has 0 fully saturated rings. The largest absolute Gasteiger partial charge is 0.488 e. The average molecular weight is 838 g/mol. The number of hydrogen-bond donors (Lipinski definition) is 0. The van der Waals surface area contributed by atoms with E-state index in [1.807, 2.05) is 109 Å². The Hall–Kier alpha value is -8.16. The second-order valence-electron chi connectivity index (χ2n) is 14.1. The van der Waals surface area contributed by atoms with Gasteiger partial charge >= 0.3 is 0 Å². The zero-order valence-corrected chi connectivity index (χ0v) is 36.8. The summed E-state index contributed by atoms with van der Waals surface area (Å²) in [5, 5.41) is 57.3. The van der Waals surface area contributed by atoms with Crippen molar-refractivity contribution in [1.29, 1.82) is 31.6 Å². The Balaban J connectivity index is 1.83. The van der Waals surface area contributed by atoms with E-state index in [2.05, 4.69) is 56.2 Å². The number of rotatable bonds is 21. The molecule has 0 atom stereocenters. The van der Waals surface area contributed by atoms with Crippen molar-refractivity contribution in [3.8, 4) is 53.7 Å². The number of ether oxygens (including phenoxy) is 3. The molecule has 0 spiro atoms. The van der Waals surface area contributed by atoms with Crippen LogP contribution in [0, 0.1) is 68.0 Å². The van der Waals surface area contributed by atoms with Crippen LogP contribution in [0.5, 0.6) is 17.2 Å². The summed E-state index contributed by atoms with van der Waals surface area (Å²) in [7, 11) is 0. The molecular formula is C51H51N9O3. The smallest absolute Gasteiger partial charge is 0.130 e. The van der Waals surface area contributed by atoms with Gasteiger partial charge in [0.1, 0.15) is 90.2 Å². The number of hydrogen-bond acceptors (Lipinski definition) is 12. The molecule has 4 rings (SSSR count). The third-order valence-corrected chi connectivity index (χ3v) is 10.3. The maximum Gasteiger partial charge on any atom is 0.130 e. The summed E-state index contributed by atoms with van der Waals surface area (Å²) in [5.41, 5.74) is 6.70. The van der Waals surface area contributed by atoms with Crippen LogP contribution in [0.15, 0.2) is 89.5 Å². The van der Waals surface area contributed by atoms with Gasteiger partial charge in [-0.2, -0.15) is 31.6 Å². The van der Waals surface area contributed by atoms with Gasteiger partial charge in [-0.05, 0) is 131 Å². The van der Waals surface area contributed by atoms with Crippen LogP contribution in [0.1, 0.15) is 74.9 Å². The Kier molecular flexibility index (Phi) is 18.2. The second kappa shape index (κ2) is 24.2. The average Bonchev–Trinajstić information content (AvgIpc) is 3.32. The van der Waals surface area contributed by atoms with Gasteiger partial charge in [0.2, 0.25) is 0 Å². The second-order valence-corrected chi connectivity index (χ2v) is 14.1. The molecule has 4 aromatic carbocycles. The van der Waals surface area contributed by atoms with Crippen molar-refractivity contribution in [2.24, 2.45) is 0 Å². The third-order valence-electron chi connectivity index (χ3n) is 10.3. The summed E-state index contributed by atoms with van der Waals surface area (Å²) in [4.78, 5) is 6.52. The summed E-state index contributed by atoms with van der Waals surface area (Å²) < 4.78 is 19.5. The van der Waals surface area contributed by atoms with Gasteiger partial charge in [0.25, 0.3) is 0 Å². The lowest BCUT2D eigenvalue weighted by Gasteiger charge is -2.23. The van der Waals surface area contributed by atoms with E-state index in [0.29, 0.717) is 33.9 Å². The van der Waals surface area contributed by atoms with E-state index in [-0.39, 0.29) is 36.5 Å². The minimum absolute atomic E-state index is 0.0547. The van der Waals surface area contributed by atoms with Crippen LogP contribution in [0.4, 0.5) is 17.1 Å². The van der Waals surface area contributed by atoms with E-state index in [9.17, 15) is 31.6 Å². The first-order valence-electron chi connectivity index (χ1n) is 20.9. The fourth-order valence-corrected chi connectivity index (χ4v) is 6.97. The lowest BCUT2D eigenvalue weighted by atomic mass is 10.1. The van der Waals surface area contributed by atoms with Crippen molar-refractivity contribution in [3.05, 3.63) is 123 Å². The Morgan fingerprint density at radius 3 is 0.841 bits per heavy atom. The van der Waals surface area contributed by atoms with Gasteiger partial charge in [-0.1, -0.05) is 0 Å². The van der Waals surface area contributed by atoms with Gasteiger partial charge < -0.3 is 28.9 Å². The molecule has 0 heterocycles. The van der Waals surface area contributed by atoms with Crippen molar-refractivity contribution >= 4 is 35.3 Å². The minimum Gasteiger partial charge on any atom is -0.488 e. The highest BCUT2D eigenvalue weighted by Crippen LogP contribution is 2.32. The minimum atomic E-state index is -0.0547. The van der Waals surface area contributed by atoms with Crippen molar-refractivity contribution in [1.82, 2.24) is 0 Å². The van der Waals surface area contributed by atoms with Crippen molar-refractivity contribution < 1.29 is 14.2 Å². The molecule has 0 bridgehead atoms. The van der Waals surface area contributed by atoms with Crippen molar-refractivity contribution in [2.45, 2.75) is 61.4 Å². The molecule has 12 heteroatoms. The van der Waals surface area contributed by atoms with E-state index in [1.54, 1.807) is 0 Å². The van der Waals surface area contributed by atoms with Crippen LogP contribution in [0.3, 0.4) is 0 Å². The predicted molar refractivity (Wildman–Crippen MR) is 247 cm³/mol. The SMILES string of the molecule is CCN(CC)c1ccc(C=C(C#N)C#N)c(OCc2cc(COc3cc(N(CC)CC)ccc3C=C(C#N)C#N)cc(COc3cc(N(CC)CC)ccc3C=C(C#N)C#N)c2)c1. The molecule has 318 valence electrons. The zero-order valence-electron chi connectivity index (χ0n) is 36.8. The number of nitrogens with zero attached hydrogens (tertiary/aromatic N) is 9. The van der Waals surface area contributed by atoms with E-state index in [1.165, 1.54) is 18.2 Å². The molecule has 0 unspecified atom stereocenters. The summed E-state index contributed by atoms with van der Waals surface area (Å²) >= 11 is 0. The van der Waals surface area contributed by atoms with Gasteiger partial charge in [0.15, 0.2) is 0 Å². The highest BCUT2D eigenvalue weighted by atomic mass is 16.5. The van der Waals surface area contributed by atoms with Crippen LogP contribution in [0.2, 0.25) is 0 Å². The first kappa shape index (κ1) is 47.5. The van der Waals surface area contributed by atoms with Crippen molar-refractivity contribution in [2.75, 3.05) is 54.0 Å². The van der Waals surface area contributed by atoms with Gasteiger partial charge in [-0.25, -0.2) is 0 Å². The zero-order chi connectivity index (χ0) is 45.7. The summed E-state index contributed by atoms with van der Waals surface area (Å²) in [6.07, 6.45) is 4.53. The van der Waals surface area contributed by atoms with Gasteiger partial charge in [-0.15, -0.1) is 0 Å². The highest BCUT2D eigenvalue weighted by Gasteiger charge is 2.15. The number of nitriles is 6. The first-order chi connectivity index (χ1) is 30.6. The number of allylic oxidation sites excluding steroid dienone is 3. The predicted octanol–water partition coefficient (Wildman–Crippen LogP) is 10.3. The molecule has 0 aliphatic carbocycles. The molecule has 0 aromatic heterocycles. The monoisotopic (exact) mass is 837 g/mol. The normalized spacial score (nSPS) is 9.90. The fourth-order valence-electron chi connectivity index (χ4n) is 6.97. The molecule has 0 N–H and O–H groups in total. The maximum absolute atomic E-state index is 9.56. The Bertz CT molecular complexity index is 2250. The fraction of sp³-hybridized carbons (Fsp3) is 0.294. The Morgan fingerprint density at radius 1 is 0.397 bits per heavy atom. The summed E-state index contributed by atoms with van der Waals surface area (Å²) in [5.74, 6) is 1.48. The van der Waals surface area contributed by atoms with E-state index < -0.39 is 0 Å². The molecule has 0 saturated heterocycles. The van der Waals surface area contributed by atoms with E-state index in [0.717, 1.165) is 73.0 Å². The standard InChI is InChI=1S/C51H51N9O3/c1-7-58(8-2)46-16-13-43(22-40(28-52)29-53)49(25-46)61-34-37-19-38(35-62-50-26-47(59(9-3)10-4)17-14-44(50)23-41(30-54)31-55)21-39(20-37)36-63-51-27-48(60(11-5)12-6)18-15-45(51)24-42(32-56)33-57/h13-27H,7-12,34-36H2,1-6H3. The molecule has 0 aliphatic rings. The Morgan fingerprint density at radius 2 is 0.635 bits per heavy atom. The molecule has 0 aliphatic heterocycles. The van der Waals surface area contributed by atoms with Crippen LogP contribution in [-0.2, 0) is 19.8 Å². The quantitative estimate of drug-likeness (QED) is 0.0726. The molecular weight excluding hydrogens is 787 g/mol. The van der Waals surface area contributed by atoms with Crippen LogP contribution in [0.25, 0.3) is 18.2 Å². The maximum atomic E-state index is 9.56. The topological polar surface area (TPSA) is 180 Å². The molecule has 4 aromatic rings. The van der Waals surface area contributed by atoms with Crippen molar-refractivity contribution in [3.63, 3.8) is 0 Å². The first-order valence-corrected chi connectivity index (χ1v) is 20.9. The number of anilines is 3. The lowest BCUT2D eigenvalue weighted by molar-refractivity contribution is 0.293. The molecule has 0 radical (unpaired) electrons. The van der Waals surface area contributed by atoms with E-state index >= 15 is 0 Å². The number of benzene rings is 4. The molecule has 63 heavy (non-hydrogen) atoms. The molecule has 12 nitrogen and oxygen atoms in total. The van der Waals surface area contributed by atoms with Crippen LogP contribution in [-0.4, -0.2) is 39.3 Å². The molecule has 0 saturated carbocycles. The lowest BCUT2D eigenvalue weighted by Crippen LogP contribution is -2.21. The Labute approximate surface area is 371 Å². The molecule has 0 amide bonds. The highest BCUT2D eigenvalue weighted by molar-refractivity contribution is 5.71.